The van der Waals surface area contributed by atoms with Crippen LogP contribution in [0, 0.1) is 5.82 Å². The zero-order valence-electron chi connectivity index (χ0n) is 17.7. The van der Waals surface area contributed by atoms with Crippen LogP contribution in [0.15, 0.2) is 42.6 Å². The molecule has 0 unspecified atom stereocenters. The Labute approximate surface area is 169 Å². The average molecular weight is 386 g/mol. The van der Waals surface area contributed by atoms with E-state index in [0.29, 0.717) is 10.5 Å². The van der Waals surface area contributed by atoms with Crippen molar-refractivity contribution in [2.24, 2.45) is 0 Å². The molecule has 0 bridgehead atoms. The van der Waals surface area contributed by atoms with E-state index >= 15 is 0 Å². The van der Waals surface area contributed by atoms with Gasteiger partial charge in [-0.2, -0.15) is 0 Å². The van der Waals surface area contributed by atoms with Gasteiger partial charge in [0.25, 0.3) is 0 Å². The fourth-order valence-corrected chi connectivity index (χ4v) is 4.07. The summed E-state index contributed by atoms with van der Waals surface area (Å²) in [6.45, 7) is 9.27. The van der Waals surface area contributed by atoms with Crippen molar-refractivity contribution in [3.8, 4) is 0 Å². The molecule has 0 saturated carbocycles. The van der Waals surface area contributed by atoms with Crippen molar-refractivity contribution in [1.82, 2.24) is 14.4 Å². The molecular formula is C23H34FN4+. The number of likely N-dealkylation sites (tertiary alicyclic amines) is 1. The van der Waals surface area contributed by atoms with E-state index in [0.717, 1.165) is 57.1 Å². The summed E-state index contributed by atoms with van der Waals surface area (Å²) in [4.78, 5) is 9.47. The molecule has 0 amide bonds. The first-order valence-electron chi connectivity index (χ1n) is 10.5. The third-order valence-electron chi connectivity index (χ3n) is 6.12. The highest BCUT2D eigenvalue weighted by atomic mass is 19.1. The Bertz CT molecular complexity index is 754. The van der Waals surface area contributed by atoms with Crippen molar-refractivity contribution < 1.29 is 4.39 Å². The van der Waals surface area contributed by atoms with Crippen LogP contribution in [-0.4, -0.2) is 56.2 Å². The Morgan fingerprint density at radius 1 is 1.14 bits per heavy atom. The molecule has 1 aliphatic heterocycles. The van der Waals surface area contributed by atoms with Crippen LogP contribution in [0.4, 0.5) is 15.9 Å². The largest absolute Gasteiger partial charge is 0.349 e. The predicted octanol–water partition coefficient (Wildman–Crippen LogP) is 4.30. The molecule has 1 aromatic heterocycles. The first-order chi connectivity index (χ1) is 13.4. The Morgan fingerprint density at radius 3 is 2.43 bits per heavy atom. The van der Waals surface area contributed by atoms with E-state index in [4.69, 9.17) is 0 Å². The number of hydrogen-bond acceptors (Lipinski definition) is 3. The summed E-state index contributed by atoms with van der Waals surface area (Å²) >= 11 is 0. The van der Waals surface area contributed by atoms with Crippen molar-refractivity contribution in [2.45, 2.75) is 39.3 Å². The molecule has 28 heavy (non-hydrogen) atoms. The van der Waals surface area contributed by atoms with Gasteiger partial charge in [-0.1, -0.05) is 30.3 Å². The number of quaternary nitrogens is 1. The molecule has 0 radical (unpaired) electrons. The van der Waals surface area contributed by atoms with Gasteiger partial charge in [-0.15, -0.1) is 0 Å². The van der Waals surface area contributed by atoms with Gasteiger partial charge in [-0.3, -0.25) is 9.38 Å². The molecule has 0 spiro atoms. The van der Waals surface area contributed by atoms with E-state index in [1.807, 2.05) is 0 Å². The van der Waals surface area contributed by atoms with Crippen molar-refractivity contribution in [3.05, 3.63) is 54.0 Å². The van der Waals surface area contributed by atoms with Gasteiger partial charge in [-0.25, -0.2) is 9.37 Å². The summed E-state index contributed by atoms with van der Waals surface area (Å²) in [6, 6.07) is 12.8. The molecule has 2 heterocycles. The van der Waals surface area contributed by atoms with Crippen molar-refractivity contribution in [3.63, 3.8) is 0 Å². The summed E-state index contributed by atoms with van der Waals surface area (Å²) in [7, 11) is 4.24. The highest BCUT2D eigenvalue weighted by Gasteiger charge is 2.31. The lowest BCUT2D eigenvalue weighted by atomic mass is 10.0. The zero-order chi connectivity index (χ0) is 20.1. The molecule has 0 N–H and O–H groups in total. The third-order valence-corrected chi connectivity index (χ3v) is 6.12. The standard InChI is InChI=1S/C23H34FN4/c1-5-27(23-22(28(3,4)6-2)16-20(24)17-25-23)21-12-14-26(15-13-21)18-19-10-8-7-9-11-19/h7-11,16-17,21H,5-6,12-15,18H2,1-4H3/q+1. The number of anilines is 1. The second kappa shape index (κ2) is 9.01. The lowest BCUT2D eigenvalue weighted by Crippen LogP contribution is -2.47. The van der Waals surface area contributed by atoms with Gasteiger partial charge in [0.05, 0.1) is 26.8 Å². The molecule has 152 valence electrons. The van der Waals surface area contributed by atoms with E-state index in [9.17, 15) is 4.39 Å². The van der Waals surface area contributed by atoms with Crippen LogP contribution in [0.3, 0.4) is 0 Å². The van der Waals surface area contributed by atoms with Gasteiger partial charge < -0.3 is 4.90 Å². The highest BCUT2D eigenvalue weighted by Crippen LogP contribution is 2.34. The maximum absolute atomic E-state index is 14.0. The molecule has 0 aliphatic carbocycles. The lowest BCUT2D eigenvalue weighted by molar-refractivity contribution is 0.201. The number of benzene rings is 1. The first kappa shape index (κ1) is 20.7. The quantitative estimate of drug-likeness (QED) is 0.663. The van der Waals surface area contributed by atoms with E-state index in [2.05, 4.69) is 73.1 Å². The topological polar surface area (TPSA) is 19.4 Å². The number of aromatic nitrogens is 1. The summed E-state index contributed by atoms with van der Waals surface area (Å²) < 4.78 is 14.6. The summed E-state index contributed by atoms with van der Waals surface area (Å²) in [5.41, 5.74) is 2.34. The molecule has 4 nitrogen and oxygen atoms in total. The number of hydrogen-bond donors (Lipinski definition) is 0. The van der Waals surface area contributed by atoms with Crippen LogP contribution in [0.5, 0.6) is 0 Å². The monoisotopic (exact) mass is 385 g/mol. The molecule has 1 saturated heterocycles. The number of rotatable bonds is 7. The first-order valence-corrected chi connectivity index (χ1v) is 10.5. The molecule has 5 heteroatoms. The molecule has 3 rings (SSSR count). The van der Waals surface area contributed by atoms with Crippen LogP contribution in [0.2, 0.25) is 0 Å². The van der Waals surface area contributed by atoms with Gasteiger partial charge in [-0.05, 0) is 32.3 Å². The Balaban J connectivity index is 1.73. The van der Waals surface area contributed by atoms with Gasteiger partial charge in [0, 0.05) is 38.3 Å². The summed E-state index contributed by atoms with van der Waals surface area (Å²) in [5, 5.41) is 0. The van der Waals surface area contributed by atoms with E-state index in [1.165, 1.54) is 11.8 Å². The van der Waals surface area contributed by atoms with Crippen LogP contribution in [0.25, 0.3) is 0 Å². The number of nitrogens with zero attached hydrogens (tertiary/aromatic N) is 4. The average Bonchev–Trinajstić information content (AvgIpc) is 2.71. The normalized spacial score (nSPS) is 16.3. The highest BCUT2D eigenvalue weighted by molar-refractivity contribution is 5.65. The molecule has 2 aromatic rings. The maximum Gasteiger partial charge on any atom is 0.191 e. The Kier molecular flexibility index (Phi) is 6.68. The summed E-state index contributed by atoms with van der Waals surface area (Å²) in [5.74, 6) is 0.685. The second-order valence-electron chi connectivity index (χ2n) is 8.28. The zero-order valence-corrected chi connectivity index (χ0v) is 17.7. The minimum absolute atomic E-state index is 0.257. The second-order valence-corrected chi connectivity index (χ2v) is 8.28. The Morgan fingerprint density at radius 2 is 1.82 bits per heavy atom. The summed E-state index contributed by atoms with van der Waals surface area (Å²) in [6.07, 6.45) is 3.58. The van der Waals surface area contributed by atoms with Gasteiger partial charge in [0.1, 0.15) is 5.82 Å². The predicted molar refractivity (Wildman–Crippen MR) is 116 cm³/mol. The van der Waals surface area contributed by atoms with Gasteiger partial charge >= 0.3 is 0 Å². The van der Waals surface area contributed by atoms with Crippen LogP contribution >= 0.6 is 0 Å². The van der Waals surface area contributed by atoms with Crippen LogP contribution in [0.1, 0.15) is 32.3 Å². The smallest absolute Gasteiger partial charge is 0.191 e. The molecular weight excluding hydrogens is 351 g/mol. The third kappa shape index (κ3) is 4.70. The van der Waals surface area contributed by atoms with E-state index < -0.39 is 0 Å². The molecule has 1 fully saturated rings. The molecule has 0 atom stereocenters. The SMILES string of the molecule is CCN(c1ncc(F)cc1[N+](C)(C)CC)C1CCN(Cc2ccccc2)CC1. The van der Waals surface area contributed by atoms with Gasteiger partial charge in [0.15, 0.2) is 11.5 Å². The number of pyridine rings is 1. The van der Waals surface area contributed by atoms with E-state index in [1.54, 1.807) is 6.07 Å². The maximum atomic E-state index is 14.0. The Hall–Kier alpha value is -1.98. The lowest BCUT2D eigenvalue weighted by Gasteiger charge is -2.40. The van der Waals surface area contributed by atoms with Crippen LogP contribution < -0.4 is 9.38 Å². The van der Waals surface area contributed by atoms with Crippen molar-refractivity contribution >= 4 is 11.5 Å². The van der Waals surface area contributed by atoms with E-state index in [-0.39, 0.29) is 5.82 Å². The van der Waals surface area contributed by atoms with Gasteiger partial charge in [0.2, 0.25) is 0 Å². The van der Waals surface area contributed by atoms with Crippen molar-refractivity contribution in [2.75, 3.05) is 45.2 Å². The number of piperidine rings is 1. The molecule has 1 aliphatic rings. The number of halogens is 1. The minimum Gasteiger partial charge on any atom is -0.349 e. The minimum atomic E-state index is -0.257. The van der Waals surface area contributed by atoms with Crippen molar-refractivity contribution in [1.29, 1.82) is 0 Å². The van der Waals surface area contributed by atoms with Crippen LogP contribution in [-0.2, 0) is 6.54 Å². The fraction of sp³-hybridized carbons (Fsp3) is 0.522. The molecule has 1 aromatic carbocycles. The fourth-order valence-electron chi connectivity index (χ4n) is 4.07.